The highest BCUT2D eigenvalue weighted by molar-refractivity contribution is 7.80. The summed E-state index contributed by atoms with van der Waals surface area (Å²) in [4.78, 5) is 11.8. The molecule has 6 heteroatoms. The molecule has 4 heterocycles. The first-order chi connectivity index (χ1) is 15.1. The Hall–Kier alpha value is -2.73. The van der Waals surface area contributed by atoms with Gasteiger partial charge in [0.1, 0.15) is 5.82 Å². The summed E-state index contributed by atoms with van der Waals surface area (Å²) in [7, 11) is 0. The minimum absolute atomic E-state index is 0.0355. The van der Waals surface area contributed by atoms with Gasteiger partial charge in [-0.2, -0.15) is 0 Å². The summed E-state index contributed by atoms with van der Waals surface area (Å²) in [5, 5.41) is 4.49. The number of hydrogen-bond donors (Lipinski definition) is 1. The van der Waals surface area contributed by atoms with Gasteiger partial charge in [0.2, 0.25) is 0 Å². The van der Waals surface area contributed by atoms with E-state index in [0.29, 0.717) is 6.04 Å². The first kappa shape index (κ1) is 20.2. The standard InChI is InChI=1S/C25H29N5S/c1-17-16-20(18(2)29(17)22-13-7-9-15-27-22)24-23(21-12-6-8-14-26-21)28-25(31)30(24)19-10-4-3-5-11-19/h6-9,12-16,19,23-24H,3-5,10-11H2,1-2H3,(H,28,31). The van der Waals surface area contributed by atoms with Crippen LogP contribution in [0.5, 0.6) is 0 Å². The number of hydrogen-bond acceptors (Lipinski definition) is 3. The number of aryl methyl sites for hydroxylation is 1. The van der Waals surface area contributed by atoms with Crippen molar-refractivity contribution in [3.63, 3.8) is 0 Å². The predicted octanol–water partition coefficient (Wildman–Crippen LogP) is 5.19. The van der Waals surface area contributed by atoms with Crippen LogP contribution in [-0.2, 0) is 0 Å². The van der Waals surface area contributed by atoms with E-state index in [1.807, 2.05) is 30.6 Å². The van der Waals surface area contributed by atoms with E-state index < -0.39 is 0 Å². The van der Waals surface area contributed by atoms with Crippen molar-refractivity contribution in [2.45, 2.75) is 64.1 Å². The molecule has 5 rings (SSSR count). The maximum absolute atomic E-state index is 5.92. The number of aromatic nitrogens is 3. The molecule has 0 spiro atoms. The van der Waals surface area contributed by atoms with Crippen molar-refractivity contribution in [2.24, 2.45) is 0 Å². The average molecular weight is 432 g/mol. The molecular formula is C25H29N5S. The van der Waals surface area contributed by atoms with Gasteiger partial charge >= 0.3 is 0 Å². The van der Waals surface area contributed by atoms with Gasteiger partial charge in [0.25, 0.3) is 0 Å². The van der Waals surface area contributed by atoms with Crippen LogP contribution in [0.1, 0.15) is 66.8 Å². The summed E-state index contributed by atoms with van der Waals surface area (Å²) in [6.45, 7) is 4.36. The van der Waals surface area contributed by atoms with Gasteiger partial charge in [-0.25, -0.2) is 4.98 Å². The molecule has 3 aromatic heterocycles. The molecule has 1 aliphatic carbocycles. The lowest BCUT2D eigenvalue weighted by molar-refractivity contribution is 0.197. The lowest BCUT2D eigenvalue weighted by Crippen LogP contribution is -2.40. The Balaban J connectivity index is 1.62. The minimum atomic E-state index is 0.0355. The molecule has 2 unspecified atom stereocenters. The molecule has 3 aromatic rings. The molecule has 1 saturated carbocycles. The molecule has 160 valence electrons. The van der Waals surface area contributed by atoms with Gasteiger partial charge in [-0.05, 0) is 74.8 Å². The van der Waals surface area contributed by atoms with Crippen LogP contribution in [0.25, 0.3) is 5.82 Å². The summed E-state index contributed by atoms with van der Waals surface area (Å²) in [5.41, 5.74) is 4.74. The van der Waals surface area contributed by atoms with Gasteiger partial charge in [-0.3, -0.25) is 4.98 Å². The summed E-state index contributed by atoms with van der Waals surface area (Å²) >= 11 is 5.92. The average Bonchev–Trinajstić information content (AvgIpc) is 3.30. The normalized spacial score (nSPS) is 22.0. The highest BCUT2D eigenvalue weighted by Crippen LogP contribution is 2.44. The van der Waals surface area contributed by atoms with E-state index in [-0.39, 0.29) is 12.1 Å². The van der Waals surface area contributed by atoms with Crippen molar-refractivity contribution in [1.82, 2.24) is 24.8 Å². The molecule has 0 radical (unpaired) electrons. The van der Waals surface area contributed by atoms with E-state index in [4.69, 9.17) is 17.2 Å². The summed E-state index contributed by atoms with van der Waals surface area (Å²) < 4.78 is 2.26. The van der Waals surface area contributed by atoms with E-state index in [1.165, 1.54) is 49.1 Å². The third-order valence-electron chi connectivity index (χ3n) is 6.77. The van der Waals surface area contributed by atoms with E-state index in [1.54, 1.807) is 0 Å². The van der Waals surface area contributed by atoms with Gasteiger partial charge in [0, 0.05) is 29.8 Å². The topological polar surface area (TPSA) is 46.0 Å². The summed E-state index contributed by atoms with van der Waals surface area (Å²) in [5.74, 6) is 0.955. The largest absolute Gasteiger partial charge is 0.352 e. The monoisotopic (exact) mass is 431 g/mol. The fourth-order valence-corrected chi connectivity index (χ4v) is 5.77. The van der Waals surface area contributed by atoms with E-state index in [2.05, 4.69) is 57.9 Å². The van der Waals surface area contributed by atoms with Gasteiger partial charge in [0.05, 0.1) is 17.8 Å². The Morgan fingerprint density at radius 1 is 0.968 bits per heavy atom. The molecule has 0 aromatic carbocycles. The molecule has 1 saturated heterocycles. The zero-order valence-corrected chi connectivity index (χ0v) is 19.0. The Kier molecular flexibility index (Phi) is 5.48. The van der Waals surface area contributed by atoms with Gasteiger partial charge in [-0.1, -0.05) is 31.4 Å². The van der Waals surface area contributed by atoms with Crippen LogP contribution >= 0.6 is 12.2 Å². The van der Waals surface area contributed by atoms with Gasteiger partial charge in [-0.15, -0.1) is 0 Å². The van der Waals surface area contributed by atoms with Crippen molar-refractivity contribution < 1.29 is 0 Å². The van der Waals surface area contributed by atoms with Crippen LogP contribution in [-0.4, -0.2) is 30.6 Å². The Bertz CT molecular complexity index is 1060. The number of pyridine rings is 2. The molecule has 1 N–H and O–H groups in total. The van der Waals surface area contributed by atoms with Crippen LogP contribution in [0, 0.1) is 13.8 Å². The van der Waals surface area contributed by atoms with Crippen LogP contribution in [0.2, 0.25) is 0 Å². The molecule has 2 fully saturated rings. The van der Waals surface area contributed by atoms with Crippen molar-refractivity contribution in [3.05, 3.63) is 77.5 Å². The zero-order valence-electron chi connectivity index (χ0n) is 18.2. The number of nitrogens with zero attached hydrogens (tertiary/aromatic N) is 4. The SMILES string of the molecule is Cc1cc(C2C(c3ccccn3)NC(=S)N2C2CCCCC2)c(C)n1-c1ccccn1. The molecule has 31 heavy (non-hydrogen) atoms. The van der Waals surface area contributed by atoms with Crippen molar-refractivity contribution >= 4 is 17.3 Å². The molecule has 1 aliphatic heterocycles. The third-order valence-corrected chi connectivity index (χ3v) is 7.10. The summed E-state index contributed by atoms with van der Waals surface area (Å²) in [6.07, 6.45) is 10.0. The quantitative estimate of drug-likeness (QED) is 0.576. The predicted molar refractivity (Wildman–Crippen MR) is 127 cm³/mol. The summed E-state index contributed by atoms with van der Waals surface area (Å²) in [6, 6.07) is 15.1. The first-order valence-electron chi connectivity index (χ1n) is 11.2. The number of thiocarbonyl (C=S) groups is 1. The smallest absolute Gasteiger partial charge is 0.170 e. The van der Waals surface area contributed by atoms with Crippen molar-refractivity contribution in [3.8, 4) is 5.82 Å². The van der Waals surface area contributed by atoms with E-state index in [0.717, 1.165) is 16.6 Å². The van der Waals surface area contributed by atoms with Crippen LogP contribution in [0.3, 0.4) is 0 Å². The van der Waals surface area contributed by atoms with Gasteiger partial charge in [0.15, 0.2) is 5.11 Å². The van der Waals surface area contributed by atoms with E-state index in [9.17, 15) is 0 Å². The number of nitrogens with one attached hydrogen (secondary N) is 1. The Morgan fingerprint density at radius 2 is 1.71 bits per heavy atom. The Labute approximate surface area is 189 Å². The fourth-order valence-electron chi connectivity index (χ4n) is 5.38. The molecule has 2 aliphatic rings. The second-order valence-electron chi connectivity index (χ2n) is 8.68. The van der Waals surface area contributed by atoms with Crippen LogP contribution in [0.4, 0.5) is 0 Å². The van der Waals surface area contributed by atoms with Crippen molar-refractivity contribution in [2.75, 3.05) is 0 Å². The molecular weight excluding hydrogens is 402 g/mol. The third kappa shape index (κ3) is 3.63. The maximum Gasteiger partial charge on any atom is 0.170 e. The lowest BCUT2D eigenvalue weighted by atomic mass is 9.90. The second-order valence-corrected chi connectivity index (χ2v) is 9.06. The zero-order chi connectivity index (χ0) is 21.4. The van der Waals surface area contributed by atoms with Crippen LogP contribution in [0.15, 0.2) is 54.9 Å². The molecule has 2 atom stereocenters. The first-order valence-corrected chi connectivity index (χ1v) is 11.7. The van der Waals surface area contributed by atoms with Crippen molar-refractivity contribution in [1.29, 1.82) is 0 Å². The molecule has 5 nitrogen and oxygen atoms in total. The molecule has 0 bridgehead atoms. The molecule has 0 amide bonds. The second kappa shape index (κ2) is 8.42. The van der Waals surface area contributed by atoms with Gasteiger partial charge < -0.3 is 14.8 Å². The Morgan fingerprint density at radius 3 is 2.39 bits per heavy atom. The lowest BCUT2D eigenvalue weighted by Gasteiger charge is -2.37. The number of rotatable bonds is 4. The minimum Gasteiger partial charge on any atom is -0.352 e. The van der Waals surface area contributed by atoms with E-state index >= 15 is 0 Å². The highest BCUT2D eigenvalue weighted by Gasteiger charge is 2.44. The fraction of sp³-hybridized carbons (Fsp3) is 0.400. The maximum atomic E-state index is 5.92. The van der Waals surface area contributed by atoms with Crippen LogP contribution < -0.4 is 5.32 Å². The highest BCUT2D eigenvalue weighted by atomic mass is 32.1.